The first-order chi connectivity index (χ1) is 3.77. The van der Waals surface area contributed by atoms with Crippen LogP contribution in [0.2, 0.25) is 0 Å². The van der Waals surface area contributed by atoms with E-state index in [0.29, 0.717) is 0 Å². The maximum Gasteiger partial charge on any atom is 0.307 e. The highest BCUT2D eigenvalue weighted by Gasteiger charge is 1.86. The summed E-state index contributed by atoms with van der Waals surface area (Å²) in [6.45, 7) is 0. The van der Waals surface area contributed by atoms with Crippen LogP contribution in [0.1, 0.15) is 6.42 Å². The van der Waals surface area contributed by atoms with E-state index in [4.69, 9.17) is 5.11 Å². The summed E-state index contributed by atoms with van der Waals surface area (Å²) in [5.74, 6) is -0.948. The number of hydrogen-bond acceptors (Lipinski definition) is 2. The molecule has 3 heteroatoms. The molecule has 0 aromatic carbocycles. The van der Waals surface area contributed by atoms with E-state index in [1.807, 2.05) is 0 Å². The third kappa shape index (κ3) is 4.88. The Hall–Kier alpha value is -1.12. The molecule has 0 spiro atoms. The highest BCUT2D eigenvalue weighted by Crippen LogP contribution is 1.78. The Labute approximate surface area is 46.6 Å². The fraction of sp³-hybridized carbons (Fsp3) is 0.200. The molecular weight excluding hydrogens is 108 g/mol. The van der Waals surface area contributed by atoms with E-state index in [1.165, 1.54) is 12.4 Å². The van der Waals surface area contributed by atoms with Gasteiger partial charge < -0.3 is 5.11 Å². The van der Waals surface area contributed by atoms with Crippen LogP contribution >= 0.6 is 0 Å². The van der Waals surface area contributed by atoms with Gasteiger partial charge in [0.1, 0.15) is 0 Å². The normalized spacial score (nSPS) is 9.50. The molecule has 3 nitrogen and oxygen atoms in total. The molecule has 0 saturated heterocycles. The average molecular weight is 113 g/mol. The Morgan fingerprint density at radius 3 is 2.75 bits per heavy atom. The second-order valence-electron chi connectivity index (χ2n) is 1.12. The minimum Gasteiger partial charge on any atom is -0.481 e. The molecule has 0 rings (SSSR count). The maximum atomic E-state index is 9.69. The summed E-state index contributed by atoms with van der Waals surface area (Å²) in [7, 11) is 0. The zero-order chi connectivity index (χ0) is 6.41. The lowest BCUT2D eigenvalue weighted by molar-refractivity contribution is -0.135. The van der Waals surface area contributed by atoms with Gasteiger partial charge in [-0.1, -0.05) is 6.08 Å². The summed E-state index contributed by atoms with van der Waals surface area (Å²) in [4.78, 5) is 19.1. The Kier molecular flexibility index (Phi) is 3.48. The Bertz CT molecular complexity index is 115. The van der Waals surface area contributed by atoms with Crippen LogP contribution in [0.3, 0.4) is 0 Å². The van der Waals surface area contributed by atoms with Crippen LogP contribution in [0.4, 0.5) is 0 Å². The van der Waals surface area contributed by atoms with E-state index < -0.39 is 5.97 Å². The summed E-state index contributed by atoms with van der Waals surface area (Å²) >= 11 is 0. The highest BCUT2D eigenvalue weighted by atomic mass is 16.4. The summed E-state index contributed by atoms with van der Waals surface area (Å²) in [5, 5.41) is 7.96. The van der Waals surface area contributed by atoms with Gasteiger partial charge in [0.05, 0.1) is 6.42 Å². The Balaban J connectivity index is 3.29. The fourth-order valence-electron chi connectivity index (χ4n) is 0.208. The summed E-state index contributed by atoms with van der Waals surface area (Å²) in [6, 6.07) is 0. The molecule has 0 fully saturated rings. The van der Waals surface area contributed by atoms with Crippen LogP contribution in [-0.4, -0.2) is 17.4 Å². The molecule has 0 aliphatic heterocycles. The first-order valence-corrected chi connectivity index (χ1v) is 2.02. The number of carboxylic acids is 1. The van der Waals surface area contributed by atoms with Crippen molar-refractivity contribution in [3.8, 4) is 0 Å². The van der Waals surface area contributed by atoms with E-state index in [0.717, 1.165) is 6.08 Å². The predicted molar refractivity (Wildman–Crippen MR) is 27.1 cm³/mol. The molecule has 0 amide bonds. The number of carbonyl (C=O) groups excluding carboxylic acids is 1. The Morgan fingerprint density at radius 2 is 2.38 bits per heavy atom. The first kappa shape index (κ1) is 6.88. The van der Waals surface area contributed by atoms with Crippen molar-refractivity contribution in [1.82, 2.24) is 0 Å². The Morgan fingerprint density at radius 1 is 1.75 bits per heavy atom. The van der Waals surface area contributed by atoms with Crippen LogP contribution in [0.25, 0.3) is 0 Å². The topological polar surface area (TPSA) is 54.4 Å². The smallest absolute Gasteiger partial charge is 0.307 e. The zero-order valence-corrected chi connectivity index (χ0v) is 4.13. The molecule has 0 bridgehead atoms. The number of rotatable bonds is 3. The molecule has 1 radical (unpaired) electrons. The molecule has 0 unspecified atom stereocenters. The number of aliphatic carboxylic acids is 1. The predicted octanol–water partition coefficient (Wildman–Crippen LogP) is 0.127. The minimum atomic E-state index is -0.948. The van der Waals surface area contributed by atoms with Gasteiger partial charge in [0.25, 0.3) is 0 Å². The van der Waals surface area contributed by atoms with Gasteiger partial charge in [0, 0.05) is 0 Å². The van der Waals surface area contributed by atoms with Gasteiger partial charge in [-0.05, 0) is 6.08 Å². The molecule has 1 N–H and O–H groups in total. The average Bonchev–Trinajstić information content (AvgIpc) is 1.66. The van der Waals surface area contributed by atoms with Crippen LogP contribution in [0.15, 0.2) is 12.2 Å². The van der Waals surface area contributed by atoms with Crippen LogP contribution < -0.4 is 0 Å². The lowest BCUT2D eigenvalue weighted by atomic mass is 10.4. The number of carboxylic acid groups (broad SMARTS) is 1. The zero-order valence-electron chi connectivity index (χ0n) is 4.13. The monoisotopic (exact) mass is 113 g/mol. The van der Waals surface area contributed by atoms with Crippen molar-refractivity contribution in [1.29, 1.82) is 0 Å². The largest absolute Gasteiger partial charge is 0.481 e. The third-order valence-electron chi connectivity index (χ3n) is 0.478. The molecular formula is C5H5O3. The van der Waals surface area contributed by atoms with Gasteiger partial charge in [-0.25, -0.2) is 0 Å². The second-order valence-corrected chi connectivity index (χ2v) is 1.12. The quantitative estimate of drug-likeness (QED) is 0.529. The number of hydrogen-bond donors (Lipinski definition) is 1. The number of carbonyl (C=O) groups is 1. The van der Waals surface area contributed by atoms with Gasteiger partial charge in [0.2, 0.25) is 6.29 Å². The molecule has 0 aliphatic rings. The van der Waals surface area contributed by atoms with Gasteiger partial charge in [-0.3, -0.25) is 9.59 Å². The van der Waals surface area contributed by atoms with Crippen molar-refractivity contribution in [2.24, 2.45) is 0 Å². The van der Waals surface area contributed by atoms with E-state index >= 15 is 0 Å². The third-order valence-corrected chi connectivity index (χ3v) is 0.478. The molecule has 8 heavy (non-hydrogen) atoms. The maximum absolute atomic E-state index is 9.69. The lowest BCUT2D eigenvalue weighted by Crippen LogP contribution is -1.89. The van der Waals surface area contributed by atoms with Crippen LogP contribution in [0.5, 0.6) is 0 Å². The van der Waals surface area contributed by atoms with Crippen molar-refractivity contribution < 1.29 is 14.7 Å². The molecule has 0 aromatic rings. The van der Waals surface area contributed by atoms with Crippen molar-refractivity contribution >= 4 is 12.3 Å². The van der Waals surface area contributed by atoms with Crippen molar-refractivity contribution in [3.05, 3.63) is 12.2 Å². The first-order valence-electron chi connectivity index (χ1n) is 2.02. The van der Waals surface area contributed by atoms with E-state index in [2.05, 4.69) is 0 Å². The van der Waals surface area contributed by atoms with E-state index in [1.54, 1.807) is 0 Å². The summed E-state index contributed by atoms with van der Waals surface area (Å²) in [5.41, 5.74) is 0. The molecule has 0 saturated carbocycles. The highest BCUT2D eigenvalue weighted by molar-refractivity contribution is 5.71. The molecule has 0 aromatic heterocycles. The standard InChI is InChI=1S/C5H5O3/c6-4-2-1-3-5(7)8/h1-2H,3H2,(H,7,8)/b2-1-. The second kappa shape index (κ2) is 4.05. The van der Waals surface area contributed by atoms with Crippen molar-refractivity contribution in [2.45, 2.75) is 6.42 Å². The van der Waals surface area contributed by atoms with Crippen LogP contribution in [0, 0.1) is 0 Å². The van der Waals surface area contributed by atoms with Gasteiger partial charge in [-0.2, -0.15) is 0 Å². The van der Waals surface area contributed by atoms with Gasteiger partial charge >= 0.3 is 5.97 Å². The number of allylic oxidation sites excluding steroid dienone is 1. The summed E-state index contributed by atoms with van der Waals surface area (Å²) in [6.07, 6.45) is 3.58. The van der Waals surface area contributed by atoms with Crippen molar-refractivity contribution in [2.75, 3.05) is 0 Å². The minimum absolute atomic E-state index is 0.116. The molecule has 0 aliphatic carbocycles. The van der Waals surface area contributed by atoms with Gasteiger partial charge in [-0.15, -0.1) is 0 Å². The lowest BCUT2D eigenvalue weighted by Gasteiger charge is -1.77. The van der Waals surface area contributed by atoms with E-state index in [-0.39, 0.29) is 6.42 Å². The van der Waals surface area contributed by atoms with Crippen molar-refractivity contribution in [3.63, 3.8) is 0 Å². The van der Waals surface area contributed by atoms with E-state index in [9.17, 15) is 9.59 Å². The van der Waals surface area contributed by atoms with Crippen LogP contribution in [-0.2, 0) is 9.59 Å². The fourth-order valence-corrected chi connectivity index (χ4v) is 0.208. The summed E-state index contributed by atoms with van der Waals surface area (Å²) < 4.78 is 0. The SMILES string of the molecule is O=[C]/C=C\CC(=O)O. The molecule has 0 atom stereocenters. The molecule has 43 valence electrons. The van der Waals surface area contributed by atoms with Gasteiger partial charge in [0.15, 0.2) is 0 Å². The molecule has 0 heterocycles.